The number of hydrogen-bond donors (Lipinski definition) is 2. The fraction of sp³-hybridized carbons (Fsp3) is 0.591. The number of aromatic nitrogens is 2. The smallest absolute Gasteiger partial charge is 0.330 e. The van der Waals surface area contributed by atoms with E-state index in [2.05, 4.69) is 4.98 Å². The van der Waals surface area contributed by atoms with Crippen molar-refractivity contribution in [2.45, 2.75) is 71.5 Å². The maximum absolute atomic E-state index is 13.4. The predicted octanol–water partition coefficient (Wildman–Crippen LogP) is 2.23. The lowest BCUT2D eigenvalue weighted by Crippen LogP contribution is -2.48. The Bertz CT molecular complexity index is 1020. The summed E-state index contributed by atoms with van der Waals surface area (Å²) in [5.41, 5.74) is 5.25. The number of rotatable bonds is 9. The molecule has 1 aliphatic rings. The van der Waals surface area contributed by atoms with E-state index in [4.69, 9.17) is 10.2 Å². The normalized spacial score (nSPS) is 14.5. The van der Waals surface area contributed by atoms with Crippen molar-refractivity contribution in [3.8, 4) is 0 Å². The average Bonchev–Trinajstić information content (AvgIpc) is 3.36. The molecule has 2 aromatic heterocycles. The number of aromatic amines is 1. The van der Waals surface area contributed by atoms with Crippen LogP contribution in [0.4, 0.5) is 11.5 Å². The zero-order valence-corrected chi connectivity index (χ0v) is 18.6. The summed E-state index contributed by atoms with van der Waals surface area (Å²) in [7, 11) is 1.83. The molecule has 0 bridgehead atoms. The van der Waals surface area contributed by atoms with E-state index in [0.717, 1.165) is 50.0 Å². The highest BCUT2D eigenvalue weighted by molar-refractivity contribution is 5.97. The molecule has 0 aromatic carbocycles. The second-order valence-electron chi connectivity index (χ2n) is 8.38. The number of nitrogens with one attached hydrogen (secondary N) is 1. The number of nitrogens with zero attached hydrogens (tertiary/aromatic N) is 3. The van der Waals surface area contributed by atoms with Crippen LogP contribution in [0.3, 0.4) is 0 Å². The van der Waals surface area contributed by atoms with E-state index in [1.165, 1.54) is 9.47 Å². The van der Waals surface area contributed by atoms with E-state index in [9.17, 15) is 14.4 Å². The lowest BCUT2D eigenvalue weighted by atomic mass is 10.1. The first-order valence-corrected chi connectivity index (χ1v) is 11.0. The number of anilines is 2. The molecule has 31 heavy (non-hydrogen) atoms. The Morgan fingerprint density at radius 3 is 2.61 bits per heavy atom. The van der Waals surface area contributed by atoms with Gasteiger partial charge in [0.2, 0.25) is 5.91 Å². The Kier molecular flexibility index (Phi) is 7.37. The minimum Gasteiger partial charge on any atom is -0.465 e. The second-order valence-corrected chi connectivity index (χ2v) is 8.38. The molecular weight excluding hydrogens is 398 g/mol. The van der Waals surface area contributed by atoms with Gasteiger partial charge >= 0.3 is 5.69 Å². The standard InChI is InChI=1S/C22H33N5O4/c1-4-5-12-26-20(23)19(21(29)24-22(26)30)27(16-8-6-7-9-16)18(28)14-25(3)13-17-11-10-15(2)31-17/h10-11,16H,4-9,12-14,23H2,1-3H3,(H,24,29,30). The third-order valence-corrected chi connectivity index (χ3v) is 5.78. The summed E-state index contributed by atoms with van der Waals surface area (Å²) in [6, 6.07) is 3.67. The summed E-state index contributed by atoms with van der Waals surface area (Å²) in [6.45, 7) is 4.86. The lowest BCUT2D eigenvalue weighted by Gasteiger charge is -2.31. The molecule has 3 rings (SSSR count). The molecule has 2 aromatic rings. The first-order chi connectivity index (χ1) is 14.8. The van der Waals surface area contributed by atoms with Crippen molar-refractivity contribution in [3.63, 3.8) is 0 Å². The molecule has 1 saturated carbocycles. The Morgan fingerprint density at radius 2 is 2.00 bits per heavy atom. The molecule has 3 N–H and O–H groups in total. The molecule has 0 spiro atoms. The van der Waals surface area contributed by atoms with Gasteiger partial charge in [-0.2, -0.15) is 0 Å². The van der Waals surface area contributed by atoms with Crippen LogP contribution in [-0.2, 0) is 17.9 Å². The molecular formula is C22H33N5O4. The summed E-state index contributed by atoms with van der Waals surface area (Å²) in [6.07, 6.45) is 5.22. The van der Waals surface area contributed by atoms with Crippen LogP contribution in [0.1, 0.15) is 57.0 Å². The van der Waals surface area contributed by atoms with Crippen molar-refractivity contribution >= 4 is 17.4 Å². The zero-order valence-electron chi connectivity index (χ0n) is 18.6. The Balaban J connectivity index is 1.91. The summed E-state index contributed by atoms with van der Waals surface area (Å²) in [5.74, 6) is 1.43. The monoisotopic (exact) mass is 431 g/mol. The van der Waals surface area contributed by atoms with Crippen LogP contribution in [0.25, 0.3) is 0 Å². The summed E-state index contributed by atoms with van der Waals surface area (Å²) in [4.78, 5) is 44.3. The summed E-state index contributed by atoms with van der Waals surface area (Å²) >= 11 is 0. The molecule has 170 valence electrons. The van der Waals surface area contributed by atoms with Gasteiger partial charge in [-0.3, -0.25) is 24.0 Å². The van der Waals surface area contributed by atoms with Crippen LogP contribution in [0.5, 0.6) is 0 Å². The van der Waals surface area contributed by atoms with Gasteiger partial charge in [0, 0.05) is 12.6 Å². The molecule has 0 atom stereocenters. The minimum atomic E-state index is -0.611. The van der Waals surface area contributed by atoms with Crippen molar-refractivity contribution in [3.05, 3.63) is 44.5 Å². The number of nitrogens with two attached hydrogens (primary N) is 1. The lowest BCUT2D eigenvalue weighted by molar-refractivity contribution is -0.120. The molecule has 0 saturated heterocycles. The fourth-order valence-corrected chi connectivity index (χ4v) is 4.22. The second kappa shape index (κ2) is 10.00. The fourth-order valence-electron chi connectivity index (χ4n) is 4.22. The maximum Gasteiger partial charge on any atom is 0.330 e. The van der Waals surface area contributed by atoms with Crippen LogP contribution in [0.15, 0.2) is 26.1 Å². The molecule has 0 unspecified atom stereocenters. The minimum absolute atomic E-state index is 0.0618. The van der Waals surface area contributed by atoms with E-state index in [-0.39, 0.29) is 30.0 Å². The van der Waals surface area contributed by atoms with E-state index in [0.29, 0.717) is 13.1 Å². The van der Waals surface area contributed by atoms with Gasteiger partial charge in [-0.1, -0.05) is 26.2 Å². The highest BCUT2D eigenvalue weighted by atomic mass is 16.3. The molecule has 2 heterocycles. The maximum atomic E-state index is 13.4. The molecule has 0 radical (unpaired) electrons. The number of furan rings is 1. The number of unbranched alkanes of at least 4 members (excludes halogenated alkanes) is 1. The van der Waals surface area contributed by atoms with Crippen molar-refractivity contribution in [2.24, 2.45) is 0 Å². The van der Waals surface area contributed by atoms with Crippen LogP contribution in [0.2, 0.25) is 0 Å². The molecule has 1 fully saturated rings. The van der Waals surface area contributed by atoms with Gasteiger partial charge in [-0.25, -0.2) is 4.79 Å². The number of aryl methyl sites for hydroxylation is 1. The molecule has 1 aliphatic carbocycles. The van der Waals surface area contributed by atoms with Crippen molar-refractivity contribution < 1.29 is 9.21 Å². The Morgan fingerprint density at radius 1 is 1.29 bits per heavy atom. The van der Waals surface area contributed by atoms with Crippen LogP contribution >= 0.6 is 0 Å². The van der Waals surface area contributed by atoms with Crippen LogP contribution in [0, 0.1) is 6.92 Å². The van der Waals surface area contributed by atoms with Crippen LogP contribution < -0.4 is 21.9 Å². The Labute approximate surface area is 181 Å². The molecule has 0 aliphatic heterocycles. The number of amides is 1. The summed E-state index contributed by atoms with van der Waals surface area (Å²) < 4.78 is 6.97. The van der Waals surface area contributed by atoms with Gasteiger partial charge in [0.25, 0.3) is 5.56 Å². The van der Waals surface area contributed by atoms with Gasteiger partial charge in [-0.15, -0.1) is 0 Å². The van der Waals surface area contributed by atoms with E-state index < -0.39 is 11.2 Å². The molecule has 9 heteroatoms. The highest BCUT2D eigenvalue weighted by Crippen LogP contribution is 2.29. The number of nitrogen functional groups attached to an aromatic ring is 1. The van der Waals surface area contributed by atoms with E-state index in [1.54, 1.807) is 0 Å². The van der Waals surface area contributed by atoms with Crippen LogP contribution in [-0.4, -0.2) is 40.0 Å². The first-order valence-electron chi connectivity index (χ1n) is 11.0. The number of carbonyl (C=O) groups excluding carboxylic acids is 1. The topological polar surface area (TPSA) is 118 Å². The molecule has 1 amide bonds. The van der Waals surface area contributed by atoms with Gasteiger partial charge in [-0.05, 0) is 45.4 Å². The van der Waals surface area contributed by atoms with Gasteiger partial charge < -0.3 is 15.1 Å². The zero-order chi connectivity index (χ0) is 22.5. The van der Waals surface area contributed by atoms with E-state index >= 15 is 0 Å². The third-order valence-electron chi connectivity index (χ3n) is 5.78. The van der Waals surface area contributed by atoms with E-state index in [1.807, 2.05) is 37.9 Å². The van der Waals surface area contributed by atoms with Gasteiger partial charge in [0.15, 0.2) is 5.69 Å². The number of H-pyrrole nitrogens is 1. The SMILES string of the molecule is CCCCn1c(N)c(N(C(=O)CN(C)Cc2ccc(C)o2)C2CCCC2)c(=O)[nH]c1=O. The largest absolute Gasteiger partial charge is 0.465 e. The number of hydrogen-bond acceptors (Lipinski definition) is 6. The average molecular weight is 432 g/mol. The van der Waals surface area contributed by atoms with Crippen molar-refractivity contribution in [2.75, 3.05) is 24.2 Å². The van der Waals surface area contributed by atoms with Crippen molar-refractivity contribution in [1.29, 1.82) is 0 Å². The van der Waals surface area contributed by atoms with Gasteiger partial charge in [0.05, 0.1) is 13.1 Å². The first kappa shape index (κ1) is 22.9. The number of likely N-dealkylation sites (N-methyl/N-ethyl adjacent to an activating group) is 1. The molecule has 9 nitrogen and oxygen atoms in total. The third kappa shape index (κ3) is 5.28. The Hall–Kier alpha value is -2.81. The quantitative estimate of drug-likeness (QED) is 0.629. The van der Waals surface area contributed by atoms with Crippen molar-refractivity contribution in [1.82, 2.24) is 14.5 Å². The number of carbonyl (C=O) groups is 1. The van der Waals surface area contributed by atoms with Gasteiger partial charge in [0.1, 0.15) is 17.3 Å². The predicted molar refractivity (Wildman–Crippen MR) is 120 cm³/mol. The summed E-state index contributed by atoms with van der Waals surface area (Å²) in [5, 5.41) is 0. The highest BCUT2D eigenvalue weighted by Gasteiger charge is 2.33.